The van der Waals surface area contributed by atoms with Gasteiger partial charge < -0.3 is 25.4 Å². The number of thioether (sulfide) groups is 1. The molecule has 2 heterocycles. The Morgan fingerprint density at radius 1 is 1.26 bits per heavy atom. The monoisotopic (exact) mass is 400 g/mol. The summed E-state index contributed by atoms with van der Waals surface area (Å²) in [6.07, 6.45) is 3.36. The van der Waals surface area contributed by atoms with Crippen molar-refractivity contribution in [2.24, 2.45) is 5.11 Å². The van der Waals surface area contributed by atoms with Crippen LogP contribution in [0.2, 0.25) is 0 Å². The van der Waals surface area contributed by atoms with Crippen molar-refractivity contribution in [3.63, 3.8) is 0 Å². The number of unbranched alkanes of at least 4 members (excludes halogenated alkanes) is 1. The molecule has 152 valence electrons. The summed E-state index contributed by atoms with van der Waals surface area (Å²) < 4.78 is 10.5. The van der Waals surface area contributed by atoms with Crippen molar-refractivity contribution in [3.05, 3.63) is 10.4 Å². The first kappa shape index (κ1) is 21.6. The lowest BCUT2D eigenvalue weighted by Gasteiger charge is -2.16. The topological polar surface area (TPSA) is 137 Å². The highest BCUT2D eigenvalue weighted by atomic mass is 32.2. The Morgan fingerprint density at radius 2 is 2.07 bits per heavy atom. The van der Waals surface area contributed by atoms with Crippen LogP contribution in [0.5, 0.6) is 0 Å². The molecule has 11 heteroatoms. The highest BCUT2D eigenvalue weighted by Crippen LogP contribution is 2.33. The maximum Gasteiger partial charge on any atom is 0.315 e. The quantitative estimate of drug-likeness (QED) is 0.132. The van der Waals surface area contributed by atoms with Gasteiger partial charge in [0.05, 0.1) is 38.5 Å². The zero-order valence-corrected chi connectivity index (χ0v) is 16.2. The molecule has 0 spiro atoms. The Bertz CT molecular complexity index is 531. The average molecular weight is 401 g/mol. The molecular formula is C16H28N6O4S. The third kappa shape index (κ3) is 8.25. The van der Waals surface area contributed by atoms with Crippen LogP contribution < -0.4 is 16.0 Å². The Labute approximate surface area is 163 Å². The van der Waals surface area contributed by atoms with Crippen molar-refractivity contribution >= 4 is 23.7 Å². The number of fused-ring (bicyclic) bond motifs is 1. The summed E-state index contributed by atoms with van der Waals surface area (Å²) in [6, 6.07) is 0.431. The zero-order valence-electron chi connectivity index (χ0n) is 15.4. The number of urea groups is 1. The van der Waals surface area contributed by atoms with Crippen molar-refractivity contribution < 1.29 is 19.1 Å². The van der Waals surface area contributed by atoms with Gasteiger partial charge in [-0.1, -0.05) is 11.5 Å². The second-order valence-electron chi connectivity index (χ2n) is 6.40. The number of nitrogens with zero attached hydrogens (tertiary/aromatic N) is 3. The lowest BCUT2D eigenvalue weighted by molar-refractivity contribution is -0.121. The van der Waals surface area contributed by atoms with Crippen molar-refractivity contribution in [3.8, 4) is 0 Å². The molecule has 0 aromatic rings. The number of carbonyl (C=O) groups is 2. The van der Waals surface area contributed by atoms with Crippen LogP contribution >= 0.6 is 11.8 Å². The van der Waals surface area contributed by atoms with Gasteiger partial charge in [0.25, 0.3) is 0 Å². The SMILES string of the molecule is [N-]=[N+]=NCCOCCOCCNC(=O)CCCCC1SC[C@H]2NC(=O)N[C@@H]12. The highest BCUT2D eigenvalue weighted by molar-refractivity contribution is 8.00. The highest BCUT2D eigenvalue weighted by Gasteiger charge is 2.42. The summed E-state index contributed by atoms with van der Waals surface area (Å²) in [5.41, 5.74) is 8.10. The Balaban J connectivity index is 1.38. The molecule has 27 heavy (non-hydrogen) atoms. The molecule has 1 unspecified atom stereocenters. The van der Waals surface area contributed by atoms with Crippen molar-refractivity contribution in [1.82, 2.24) is 16.0 Å². The van der Waals surface area contributed by atoms with E-state index in [9.17, 15) is 9.59 Å². The molecule has 0 saturated carbocycles. The zero-order chi connectivity index (χ0) is 19.3. The van der Waals surface area contributed by atoms with Crippen LogP contribution in [0.1, 0.15) is 25.7 Å². The number of carbonyl (C=O) groups excluding carboxylic acids is 2. The minimum absolute atomic E-state index is 0.0389. The van der Waals surface area contributed by atoms with Gasteiger partial charge in [0.1, 0.15) is 0 Å². The summed E-state index contributed by atoms with van der Waals surface area (Å²) >= 11 is 1.90. The first-order valence-electron chi connectivity index (χ1n) is 9.32. The predicted octanol–water partition coefficient (Wildman–Crippen LogP) is 1.17. The molecule has 2 saturated heterocycles. The molecule has 0 aromatic heterocycles. The van der Waals surface area contributed by atoms with E-state index in [1.165, 1.54) is 0 Å². The van der Waals surface area contributed by atoms with Crippen LogP contribution in [0.4, 0.5) is 4.79 Å². The number of amides is 3. The van der Waals surface area contributed by atoms with Gasteiger partial charge in [-0.25, -0.2) is 4.79 Å². The molecule has 10 nitrogen and oxygen atoms in total. The molecule has 2 aliphatic heterocycles. The van der Waals surface area contributed by atoms with Crippen LogP contribution in [0.25, 0.3) is 10.4 Å². The molecule has 0 radical (unpaired) electrons. The van der Waals surface area contributed by atoms with Crippen LogP contribution in [-0.4, -0.2) is 74.5 Å². The third-order valence-corrected chi connectivity index (χ3v) is 5.93. The molecule has 2 aliphatic rings. The maximum atomic E-state index is 11.8. The molecule has 3 atom stereocenters. The largest absolute Gasteiger partial charge is 0.379 e. The predicted molar refractivity (Wildman–Crippen MR) is 103 cm³/mol. The van der Waals surface area contributed by atoms with E-state index in [4.69, 9.17) is 15.0 Å². The van der Waals surface area contributed by atoms with Crippen molar-refractivity contribution in [2.45, 2.75) is 43.0 Å². The van der Waals surface area contributed by atoms with E-state index in [2.05, 4.69) is 26.0 Å². The molecule has 0 bridgehead atoms. The standard InChI is InChI=1S/C16H28N6O4S/c17-22-19-6-8-26-10-9-25-7-5-18-14(23)4-2-1-3-13-15-12(11-27-13)20-16(24)21-15/h12-13,15H,1-11H2,(H,18,23)(H2,20,21,24)/t12-,13?,15-/m1/s1. The van der Waals surface area contributed by atoms with Crippen LogP contribution in [0, 0.1) is 0 Å². The Hall–Kier alpha value is -1.68. The lowest BCUT2D eigenvalue weighted by atomic mass is 10.0. The maximum absolute atomic E-state index is 11.8. The fraction of sp³-hybridized carbons (Fsp3) is 0.875. The molecular weight excluding hydrogens is 372 g/mol. The molecule has 3 amide bonds. The summed E-state index contributed by atoms with van der Waals surface area (Å²) in [5, 5.41) is 12.6. The second kappa shape index (κ2) is 12.7. The first-order valence-corrected chi connectivity index (χ1v) is 10.4. The van der Waals surface area contributed by atoms with Gasteiger partial charge in [-0.3, -0.25) is 4.79 Å². The lowest BCUT2D eigenvalue weighted by Crippen LogP contribution is -2.36. The van der Waals surface area contributed by atoms with Crippen LogP contribution in [0.3, 0.4) is 0 Å². The van der Waals surface area contributed by atoms with Crippen LogP contribution in [0.15, 0.2) is 5.11 Å². The van der Waals surface area contributed by atoms with Gasteiger partial charge in [-0.15, -0.1) is 0 Å². The molecule has 0 aliphatic carbocycles. The fourth-order valence-electron chi connectivity index (χ4n) is 3.10. The summed E-state index contributed by atoms with van der Waals surface area (Å²) in [7, 11) is 0. The summed E-state index contributed by atoms with van der Waals surface area (Å²) in [6.45, 7) is 2.51. The van der Waals surface area contributed by atoms with E-state index in [0.29, 0.717) is 51.2 Å². The first-order chi connectivity index (χ1) is 13.2. The van der Waals surface area contributed by atoms with Crippen molar-refractivity contribution in [1.29, 1.82) is 0 Å². The fourth-order valence-corrected chi connectivity index (χ4v) is 4.64. The van der Waals surface area contributed by atoms with E-state index in [1.54, 1.807) is 0 Å². The minimum Gasteiger partial charge on any atom is -0.379 e. The number of azide groups is 1. The summed E-state index contributed by atoms with van der Waals surface area (Å²) in [5.74, 6) is 1.00. The third-order valence-electron chi connectivity index (χ3n) is 4.42. The summed E-state index contributed by atoms with van der Waals surface area (Å²) in [4.78, 5) is 25.8. The van der Waals surface area contributed by atoms with E-state index in [-0.39, 0.29) is 24.0 Å². The number of hydrogen-bond donors (Lipinski definition) is 3. The molecule has 0 aromatic carbocycles. The van der Waals surface area contributed by atoms with Gasteiger partial charge in [0.2, 0.25) is 5.91 Å². The van der Waals surface area contributed by atoms with Gasteiger partial charge in [0, 0.05) is 35.4 Å². The average Bonchev–Trinajstić information content (AvgIpc) is 3.20. The van der Waals surface area contributed by atoms with Crippen molar-refractivity contribution in [2.75, 3.05) is 45.3 Å². The second-order valence-corrected chi connectivity index (χ2v) is 7.67. The van der Waals surface area contributed by atoms with E-state index < -0.39 is 0 Å². The number of nitrogens with one attached hydrogen (secondary N) is 3. The Kier molecular flexibility index (Phi) is 10.1. The normalized spacial score (nSPS) is 23.3. The molecule has 2 rings (SSSR count). The number of hydrogen-bond acceptors (Lipinski definition) is 6. The molecule has 3 N–H and O–H groups in total. The van der Waals surface area contributed by atoms with E-state index >= 15 is 0 Å². The number of ether oxygens (including phenoxy) is 2. The number of rotatable bonds is 14. The van der Waals surface area contributed by atoms with Gasteiger partial charge >= 0.3 is 6.03 Å². The van der Waals surface area contributed by atoms with Crippen LogP contribution in [-0.2, 0) is 14.3 Å². The smallest absolute Gasteiger partial charge is 0.315 e. The van der Waals surface area contributed by atoms with E-state index in [1.807, 2.05) is 11.8 Å². The van der Waals surface area contributed by atoms with E-state index in [0.717, 1.165) is 25.0 Å². The Morgan fingerprint density at radius 3 is 2.89 bits per heavy atom. The van der Waals surface area contributed by atoms with Gasteiger partial charge in [-0.2, -0.15) is 11.8 Å². The molecule has 2 fully saturated rings. The minimum atomic E-state index is -0.0587. The van der Waals surface area contributed by atoms with Gasteiger partial charge in [0.15, 0.2) is 0 Å². The van der Waals surface area contributed by atoms with Gasteiger partial charge in [-0.05, 0) is 18.4 Å².